The van der Waals surface area contributed by atoms with Gasteiger partial charge in [-0.2, -0.15) is 0 Å². The van der Waals surface area contributed by atoms with Crippen LogP contribution in [0.25, 0.3) is 0 Å². The summed E-state index contributed by atoms with van der Waals surface area (Å²) in [4.78, 5) is 23.4. The molecule has 0 radical (unpaired) electrons. The summed E-state index contributed by atoms with van der Waals surface area (Å²) in [5.74, 6) is 0.710. The van der Waals surface area contributed by atoms with Crippen LogP contribution in [-0.2, 0) is 11.2 Å². The van der Waals surface area contributed by atoms with Crippen molar-refractivity contribution in [3.8, 4) is 0 Å². The van der Waals surface area contributed by atoms with Crippen LogP contribution < -0.4 is 9.80 Å². The maximum Gasteiger partial charge on any atom is 0.353 e. The quantitative estimate of drug-likeness (QED) is 0.585. The first-order chi connectivity index (χ1) is 12.2. The minimum atomic E-state index is -0.390. The summed E-state index contributed by atoms with van der Waals surface area (Å²) in [6, 6.07) is 10.0. The van der Waals surface area contributed by atoms with E-state index >= 15 is 0 Å². The van der Waals surface area contributed by atoms with Gasteiger partial charge in [-0.15, -0.1) is 0 Å². The molecule has 25 heavy (non-hydrogen) atoms. The minimum absolute atomic E-state index is 0.0417. The van der Waals surface area contributed by atoms with E-state index in [1.54, 1.807) is 0 Å². The normalized spacial score (nSPS) is 14.4. The molecule has 8 nitrogen and oxygen atoms in total. The van der Waals surface area contributed by atoms with Crippen molar-refractivity contribution in [3.05, 3.63) is 52.3 Å². The van der Waals surface area contributed by atoms with E-state index in [-0.39, 0.29) is 10.6 Å². The van der Waals surface area contributed by atoms with Gasteiger partial charge in [0.15, 0.2) is 0 Å². The summed E-state index contributed by atoms with van der Waals surface area (Å²) < 4.78 is 5.32. The second-order valence-electron chi connectivity index (χ2n) is 5.88. The average molecular weight is 343 g/mol. The van der Waals surface area contributed by atoms with Crippen molar-refractivity contribution >= 4 is 17.3 Å². The standard InChI is InChI=1S/C17H21N5O3/c1-20(8-7-14-5-3-2-4-6-14)16-15(22(23)24)17(19-13-18-16)21-9-11-25-12-10-21/h2-6,13H,7-12H2,1H3. The van der Waals surface area contributed by atoms with Crippen LogP contribution in [0.15, 0.2) is 36.7 Å². The molecule has 3 rings (SSSR count). The Labute approximate surface area is 146 Å². The fraction of sp³-hybridized carbons (Fsp3) is 0.412. The highest BCUT2D eigenvalue weighted by atomic mass is 16.6. The number of hydrogen-bond donors (Lipinski definition) is 0. The minimum Gasteiger partial charge on any atom is -0.378 e. The molecule has 1 aromatic heterocycles. The molecule has 0 aliphatic carbocycles. The number of benzene rings is 1. The van der Waals surface area contributed by atoms with Crippen LogP contribution in [-0.4, -0.2) is 54.8 Å². The number of hydrogen-bond acceptors (Lipinski definition) is 7. The Hall–Kier alpha value is -2.74. The van der Waals surface area contributed by atoms with Crippen LogP contribution in [0, 0.1) is 10.1 Å². The fourth-order valence-electron chi connectivity index (χ4n) is 2.86. The second-order valence-corrected chi connectivity index (χ2v) is 5.88. The van der Waals surface area contributed by atoms with Gasteiger partial charge < -0.3 is 14.5 Å². The van der Waals surface area contributed by atoms with E-state index < -0.39 is 0 Å². The Kier molecular flexibility index (Phi) is 5.39. The first-order valence-electron chi connectivity index (χ1n) is 8.24. The summed E-state index contributed by atoms with van der Waals surface area (Å²) in [6.45, 7) is 2.89. The number of rotatable bonds is 6. The van der Waals surface area contributed by atoms with Gasteiger partial charge in [0.1, 0.15) is 6.33 Å². The number of morpholine rings is 1. The zero-order chi connectivity index (χ0) is 17.6. The molecule has 2 heterocycles. The van der Waals surface area contributed by atoms with Crippen molar-refractivity contribution in [2.45, 2.75) is 6.42 Å². The van der Waals surface area contributed by atoms with Crippen LogP contribution >= 0.6 is 0 Å². The van der Waals surface area contributed by atoms with E-state index in [9.17, 15) is 10.1 Å². The van der Waals surface area contributed by atoms with Crippen LogP contribution in [0.5, 0.6) is 0 Å². The third-order valence-electron chi connectivity index (χ3n) is 4.22. The lowest BCUT2D eigenvalue weighted by Crippen LogP contribution is -2.37. The first-order valence-corrected chi connectivity index (χ1v) is 8.24. The number of ether oxygens (including phenoxy) is 1. The average Bonchev–Trinajstić information content (AvgIpc) is 2.67. The van der Waals surface area contributed by atoms with Crippen LogP contribution in [0.3, 0.4) is 0 Å². The van der Waals surface area contributed by atoms with Gasteiger partial charge in [0.2, 0.25) is 11.6 Å². The van der Waals surface area contributed by atoms with Gasteiger partial charge in [0, 0.05) is 26.7 Å². The predicted molar refractivity (Wildman–Crippen MR) is 95.1 cm³/mol. The van der Waals surface area contributed by atoms with Crippen LogP contribution in [0.2, 0.25) is 0 Å². The molecule has 0 unspecified atom stereocenters. The lowest BCUT2D eigenvalue weighted by atomic mass is 10.1. The Morgan fingerprint density at radius 1 is 1.24 bits per heavy atom. The zero-order valence-corrected chi connectivity index (χ0v) is 14.2. The van der Waals surface area contributed by atoms with E-state index in [1.807, 2.05) is 47.2 Å². The zero-order valence-electron chi connectivity index (χ0n) is 14.2. The third kappa shape index (κ3) is 4.03. The maximum absolute atomic E-state index is 11.7. The van der Waals surface area contributed by atoms with Crippen molar-refractivity contribution < 1.29 is 9.66 Å². The van der Waals surface area contributed by atoms with Crippen molar-refractivity contribution in [3.63, 3.8) is 0 Å². The van der Waals surface area contributed by atoms with Crippen LogP contribution in [0.1, 0.15) is 5.56 Å². The van der Waals surface area contributed by atoms with E-state index in [0.717, 1.165) is 6.42 Å². The number of aromatic nitrogens is 2. The van der Waals surface area contributed by atoms with E-state index in [1.165, 1.54) is 11.9 Å². The van der Waals surface area contributed by atoms with Crippen LogP contribution in [0.4, 0.5) is 17.3 Å². The van der Waals surface area contributed by atoms with Crippen molar-refractivity contribution in [2.75, 3.05) is 49.7 Å². The summed E-state index contributed by atoms with van der Waals surface area (Å²) in [5.41, 5.74) is 1.14. The van der Waals surface area contributed by atoms with Gasteiger partial charge in [-0.3, -0.25) is 10.1 Å². The molecule has 0 bridgehead atoms. The van der Waals surface area contributed by atoms with E-state index in [2.05, 4.69) is 9.97 Å². The molecule has 2 aromatic rings. The molecule has 1 aliphatic rings. The third-order valence-corrected chi connectivity index (χ3v) is 4.22. The highest BCUT2D eigenvalue weighted by molar-refractivity contribution is 5.71. The monoisotopic (exact) mass is 343 g/mol. The van der Waals surface area contributed by atoms with Gasteiger partial charge >= 0.3 is 5.69 Å². The Bertz CT molecular complexity index is 719. The van der Waals surface area contributed by atoms with E-state index in [0.29, 0.717) is 44.5 Å². The van der Waals surface area contributed by atoms with Gasteiger partial charge in [-0.1, -0.05) is 30.3 Å². The topological polar surface area (TPSA) is 84.6 Å². The smallest absolute Gasteiger partial charge is 0.353 e. The molecule has 8 heteroatoms. The lowest BCUT2D eigenvalue weighted by molar-refractivity contribution is -0.383. The van der Waals surface area contributed by atoms with Gasteiger partial charge in [-0.05, 0) is 12.0 Å². The first kappa shape index (κ1) is 17.1. The highest BCUT2D eigenvalue weighted by Gasteiger charge is 2.29. The summed E-state index contributed by atoms with van der Waals surface area (Å²) in [6.07, 6.45) is 2.18. The molecule has 1 aromatic carbocycles. The Morgan fingerprint density at radius 2 is 1.96 bits per heavy atom. The molecule has 1 fully saturated rings. The van der Waals surface area contributed by atoms with Gasteiger partial charge in [-0.25, -0.2) is 9.97 Å². The number of anilines is 2. The summed E-state index contributed by atoms with van der Waals surface area (Å²) in [5, 5.41) is 11.7. The fourth-order valence-corrected chi connectivity index (χ4v) is 2.86. The molecular formula is C17H21N5O3. The molecule has 1 aliphatic heterocycles. The molecule has 0 atom stereocenters. The Balaban J connectivity index is 1.83. The van der Waals surface area contributed by atoms with Crippen molar-refractivity contribution in [2.24, 2.45) is 0 Å². The molecule has 0 spiro atoms. The molecule has 0 amide bonds. The molecule has 0 saturated carbocycles. The SMILES string of the molecule is CN(CCc1ccccc1)c1ncnc(N2CCOCC2)c1[N+](=O)[O-]. The number of nitrogens with zero attached hydrogens (tertiary/aromatic N) is 5. The lowest BCUT2D eigenvalue weighted by Gasteiger charge is -2.28. The number of likely N-dealkylation sites (N-methyl/N-ethyl adjacent to an activating group) is 1. The van der Waals surface area contributed by atoms with Crippen molar-refractivity contribution in [1.82, 2.24) is 9.97 Å². The molecule has 132 valence electrons. The maximum atomic E-state index is 11.7. The predicted octanol–water partition coefficient (Wildman–Crippen LogP) is 1.90. The second kappa shape index (κ2) is 7.89. The summed E-state index contributed by atoms with van der Waals surface area (Å²) >= 11 is 0. The van der Waals surface area contributed by atoms with Gasteiger partial charge in [0.05, 0.1) is 18.1 Å². The van der Waals surface area contributed by atoms with Gasteiger partial charge in [0.25, 0.3) is 0 Å². The Morgan fingerprint density at radius 3 is 2.64 bits per heavy atom. The summed E-state index contributed by atoms with van der Waals surface area (Å²) in [7, 11) is 1.82. The molecular weight excluding hydrogens is 322 g/mol. The largest absolute Gasteiger partial charge is 0.378 e. The highest BCUT2D eigenvalue weighted by Crippen LogP contribution is 2.33. The molecule has 0 N–H and O–H groups in total. The van der Waals surface area contributed by atoms with E-state index in [4.69, 9.17) is 4.74 Å². The van der Waals surface area contributed by atoms with Crippen molar-refractivity contribution in [1.29, 1.82) is 0 Å². The molecule has 1 saturated heterocycles. The number of nitro groups is 1.